The van der Waals surface area contributed by atoms with Crippen molar-refractivity contribution in [3.63, 3.8) is 0 Å². The summed E-state index contributed by atoms with van der Waals surface area (Å²) >= 11 is 0. The zero-order chi connectivity index (χ0) is 11.7. The lowest BCUT2D eigenvalue weighted by atomic mass is 9.78. The second kappa shape index (κ2) is 4.43. The third kappa shape index (κ3) is 1.81. The third-order valence-electron chi connectivity index (χ3n) is 3.80. The smallest absolute Gasteiger partial charge is 0.0667 e. The Balaban J connectivity index is 2.08. The number of nitrogens with zero attached hydrogens (tertiary/aromatic N) is 1. The summed E-state index contributed by atoms with van der Waals surface area (Å²) in [4.78, 5) is 4.54. The summed E-state index contributed by atoms with van der Waals surface area (Å²) in [6.07, 6.45) is 5.69. The molecule has 1 aromatic carbocycles. The number of nitrogens with one attached hydrogen (secondary N) is 1. The van der Waals surface area contributed by atoms with Crippen LogP contribution in [0, 0.1) is 5.92 Å². The Hall–Kier alpha value is -1.45. The van der Waals surface area contributed by atoms with Crippen LogP contribution in [0.1, 0.15) is 31.0 Å². The van der Waals surface area contributed by atoms with Gasteiger partial charge in [0, 0.05) is 11.6 Å². The van der Waals surface area contributed by atoms with Crippen molar-refractivity contribution in [2.24, 2.45) is 11.8 Å². The van der Waals surface area contributed by atoms with Gasteiger partial charge in [0.1, 0.15) is 0 Å². The van der Waals surface area contributed by atoms with Crippen LogP contribution in [-0.4, -0.2) is 4.98 Å². The van der Waals surface area contributed by atoms with E-state index < -0.39 is 0 Å². The van der Waals surface area contributed by atoms with Crippen LogP contribution in [0.5, 0.6) is 0 Å². The normalized spacial score (nSPS) is 17.9. The number of nitrogens with two attached hydrogens (primary N) is 1. The lowest BCUT2D eigenvalue weighted by Crippen LogP contribution is -2.37. The summed E-state index contributed by atoms with van der Waals surface area (Å²) in [6.45, 7) is 0. The fourth-order valence-corrected chi connectivity index (χ4v) is 2.60. The van der Waals surface area contributed by atoms with Gasteiger partial charge in [-0.25, -0.2) is 0 Å². The Morgan fingerprint density at radius 1 is 1.24 bits per heavy atom. The maximum absolute atomic E-state index is 5.72. The molecule has 3 nitrogen and oxygen atoms in total. The van der Waals surface area contributed by atoms with Crippen LogP contribution in [0.25, 0.3) is 10.8 Å². The van der Waals surface area contributed by atoms with E-state index in [1.165, 1.54) is 30.0 Å². The molecule has 3 heteroatoms. The predicted octanol–water partition coefficient (Wildman–Crippen LogP) is 2.54. The number of hydrogen-bond acceptors (Lipinski definition) is 3. The number of hydrazine groups is 1. The van der Waals surface area contributed by atoms with E-state index in [4.69, 9.17) is 5.84 Å². The van der Waals surface area contributed by atoms with Crippen LogP contribution in [-0.2, 0) is 0 Å². The maximum Gasteiger partial charge on any atom is 0.0667 e. The van der Waals surface area contributed by atoms with Crippen molar-refractivity contribution in [2.75, 3.05) is 0 Å². The zero-order valence-electron chi connectivity index (χ0n) is 9.76. The van der Waals surface area contributed by atoms with Crippen molar-refractivity contribution in [2.45, 2.75) is 25.3 Å². The molecule has 1 saturated carbocycles. The zero-order valence-corrected chi connectivity index (χ0v) is 9.76. The molecular weight excluding hydrogens is 210 g/mol. The SMILES string of the molecule is NNC(c1nccc2ccccc12)C1CCC1. The number of benzene rings is 1. The van der Waals surface area contributed by atoms with E-state index in [2.05, 4.69) is 34.7 Å². The van der Waals surface area contributed by atoms with Gasteiger partial charge in [0.15, 0.2) is 0 Å². The van der Waals surface area contributed by atoms with Gasteiger partial charge in [-0.3, -0.25) is 16.3 Å². The van der Waals surface area contributed by atoms with Gasteiger partial charge < -0.3 is 0 Å². The summed E-state index contributed by atoms with van der Waals surface area (Å²) < 4.78 is 0. The van der Waals surface area contributed by atoms with Crippen molar-refractivity contribution >= 4 is 10.8 Å². The molecule has 1 heterocycles. The van der Waals surface area contributed by atoms with E-state index in [-0.39, 0.29) is 6.04 Å². The quantitative estimate of drug-likeness (QED) is 0.626. The van der Waals surface area contributed by atoms with Gasteiger partial charge in [0.2, 0.25) is 0 Å². The predicted molar refractivity (Wildman–Crippen MR) is 69.1 cm³/mol. The lowest BCUT2D eigenvalue weighted by Gasteiger charge is -2.33. The molecule has 17 heavy (non-hydrogen) atoms. The average Bonchev–Trinajstić information content (AvgIpc) is 2.33. The Morgan fingerprint density at radius 3 is 2.76 bits per heavy atom. The topological polar surface area (TPSA) is 50.9 Å². The molecule has 0 aliphatic heterocycles. The molecule has 3 rings (SSSR count). The molecule has 2 aromatic rings. The number of hydrogen-bond donors (Lipinski definition) is 2. The highest BCUT2D eigenvalue weighted by atomic mass is 15.2. The Labute approximate surface area is 101 Å². The largest absolute Gasteiger partial charge is 0.271 e. The van der Waals surface area contributed by atoms with Gasteiger partial charge in [-0.15, -0.1) is 0 Å². The molecule has 1 unspecified atom stereocenters. The van der Waals surface area contributed by atoms with E-state index in [0.29, 0.717) is 5.92 Å². The first kappa shape index (κ1) is 10.7. The van der Waals surface area contributed by atoms with Gasteiger partial charge in [-0.05, 0) is 30.2 Å². The first-order valence-electron chi connectivity index (χ1n) is 6.20. The molecule has 1 aliphatic carbocycles. The van der Waals surface area contributed by atoms with Crippen LogP contribution in [0.2, 0.25) is 0 Å². The molecule has 3 N–H and O–H groups in total. The minimum absolute atomic E-state index is 0.190. The second-order valence-electron chi connectivity index (χ2n) is 4.75. The monoisotopic (exact) mass is 227 g/mol. The standard InChI is InChI=1S/C14H17N3/c15-17-13(11-5-3-6-11)14-12-7-2-1-4-10(12)8-9-16-14/h1-2,4,7-9,11,13,17H,3,5-6,15H2. The highest BCUT2D eigenvalue weighted by molar-refractivity contribution is 5.84. The van der Waals surface area contributed by atoms with Crippen molar-refractivity contribution in [3.05, 3.63) is 42.2 Å². The summed E-state index contributed by atoms with van der Waals surface area (Å²) in [7, 11) is 0. The number of fused-ring (bicyclic) bond motifs is 1. The molecule has 0 bridgehead atoms. The summed E-state index contributed by atoms with van der Waals surface area (Å²) in [5.74, 6) is 6.35. The van der Waals surface area contributed by atoms with Crippen molar-refractivity contribution in [1.29, 1.82) is 0 Å². The number of aromatic nitrogens is 1. The van der Waals surface area contributed by atoms with Gasteiger partial charge in [0.05, 0.1) is 11.7 Å². The van der Waals surface area contributed by atoms with E-state index in [9.17, 15) is 0 Å². The summed E-state index contributed by atoms with van der Waals surface area (Å²) in [5.41, 5.74) is 4.04. The Kier molecular flexibility index (Phi) is 2.79. The molecule has 0 saturated heterocycles. The fourth-order valence-electron chi connectivity index (χ4n) is 2.60. The molecule has 1 atom stereocenters. The second-order valence-corrected chi connectivity index (χ2v) is 4.75. The lowest BCUT2D eigenvalue weighted by molar-refractivity contribution is 0.230. The average molecular weight is 227 g/mol. The highest BCUT2D eigenvalue weighted by Crippen LogP contribution is 2.38. The molecule has 0 spiro atoms. The van der Waals surface area contributed by atoms with Crippen LogP contribution in [0.3, 0.4) is 0 Å². The van der Waals surface area contributed by atoms with E-state index in [0.717, 1.165) is 5.69 Å². The third-order valence-corrected chi connectivity index (χ3v) is 3.80. The number of rotatable bonds is 3. The Morgan fingerprint density at radius 2 is 2.06 bits per heavy atom. The van der Waals surface area contributed by atoms with Crippen molar-refractivity contribution < 1.29 is 0 Å². The van der Waals surface area contributed by atoms with Crippen molar-refractivity contribution in [1.82, 2.24) is 10.4 Å². The molecule has 0 amide bonds. The maximum atomic E-state index is 5.72. The minimum Gasteiger partial charge on any atom is -0.271 e. The van der Waals surface area contributed by atoms with Crippen LogP contribution in [0.15, 0.2) is 36.5 Å². The highest BCUT2D eigenvalue weighted by Gasteiger charge is 2.29. The van der Waals surface area contributed by atoms with Gasteiger partial charge in [-0.2, -0.15) is 0 Å². The van der Waals surface area contributed by atoms with E-state index >= 15 is 0 Å². The van der Waals surface area contributed by atoms with Crippen LogP contribution < -0.4 is 11.3 Å². The van der Waals surface area contributed by atoms with E-state index in [1.807, 2.05) is 12.3 Å². The van der Waals surface area contributed by atoms with Crippen molar-refractivity contribution in [3.8, 4) is 0 Å². The first-order valence-corrected chi connectivity index (χ1v) is 6.20. The molecule has 1 fully saturated rings. The van der Waals surface area contributed by atoms with Crippen LogP contribution >= 0.6 is 0 Å². The molecular formula is C14H17N3. The van der Waals surface area contributed by atoms with Gasteiger partial charge >= 0.3 is 0 Å². The molecule has 88 valence electrons. The molecule has 1 aromatic heterocycles. The van der Waals surface area contributed by atoms with Gasteiger partial charge in [0.25, 0.3) is 0 Å². The minimum atomic E-state index is 0.190. The summed E-state index contributed by atoms with van der Waals surface area (Å²) in [6, 6.07) is 10.6. The number of pyridine rings is 1. The fraction of sp³-hybridized carbons (Fsp3) is 0.357. The van der Waals surface area contributed by atoms with Crippen LogP contribution in [0.4, 0.5) is 0 Å². The van der Waals surface area contributed by atoms with Gasteiger partial charge in [-0.1, -0.05) is 30.7 Å². The summed E-state index contributed by atoms with van der Waals surface area (Å²) in [5, 5.41) is 2.45. The first-order chi connectivity index (χ1) is 8.40. The molecule has 1 aliphatic rings. The Bertz CT molecular complexity index is 514. The molecule has 0 radical (unpaired) electrons. The van der Waals surface area contributed by atoms with E-state index in [1.54, 1.807) is 0 Å².